The minimum absolute atomic E-state index is 0.112. The van der Waals surface area contributed by atoms with Crippen molar-refractivity contribution in [2.24, 2.45) is 11.3 Å². The molecule has 0 aromatic rings. The van der Waals surface area contributed by atoms with Gasteiger partial charge in [0.15, 0.2) is 0 Å². The third-order valence-electron chi connectivity index (χ3n) is 4.56. The summed E-state index contributed by atoms with van der Waals surface area (Å²) < 4.78 is 0. The first-order valence-electron chi connectivity index (χ1n) is 6.70. The third-order valence-corrected chi connectivity index (χ3v) is 4.56. The van der Waals surface area contributed by atoms with Crippen molar-refractivity contribution in [1.29, 1.82) is 0 Å². The molecule has 1 aliphatic heterocycles. The van der Waals surface area contributed by atoms with Crippen molar-refractivity contribution in [2.45, 2.75) is 45.6 Å². The number of carboxylic acids is 1. The van der Waals surface area contributed by atoms with Crippen LogP contribution in [0.3, 0.4) is 0 Å². The Hall–Kier alpha value is -1.26. The average molecular weight is 254 g/mol. The number of rotatable bonds is 3. The number of nitrogens with zero attached hydrogens (tertiary/aromatic N) is 1. The van der Waals surface area contributed by atoms with Crippen molar-refractivity contribution in [3.05, 3.63) is 0 Å². The Bertz CT molecular complexity index is 352. The Morgan fingerprint density at radius 3 is 2.56 bits per heavy atom. The molecule has 0 aromatic heterocycles. The number of hydrogen-bond acceptors (Lipinski definition) is 2. The zero-order valence-corrected chi connectivity index (χ0v) is 11.1. The Morgan fingerprint density at radius 2 is 2.11 bits per heavy atom. The first-order chi connectivity index (χ1) is 8.43. The molecule has 0 bridgehead atoms. The highest BCUT2D eigenvalue weighted by Crippen LogP contribution is 2.39. The van der Waals surface area contributed by atoms with Gasteiger partial charge in [0.25, 0.3) is 0 Å². The Balaban J connectivity index is 1.84. The van der Waals surface area contributed by atoms with Gasteiger partial charge < -0.3 is 15.3 Å². The van der Waals surface area contributed by atoms with Crippen LogP contribution in [0.25, 0.3) is 0 Å². The van der Waals surface area contributed by atoms with E-state index in [-0.39, 0.29) is 17.5 Å². The van der Waals surface area contributed by atoms with Crippen LogP contribution < -0.4 is 5.32 Å². The van der Waals surface area contributed by atoms with Crippen molar-refractivity contribution >= 4 is 12.0 Å². The van der Waals surface area contributed by atoms with Crippen LogP contribution in [0.4, 0.5) is 4.79 Å². The highest BCUT2D eigenvalue weighted by atomic mass is 16.4. The molecule has 0 aromatic carbocycles. The lowest BCUT2D eigenvalue weighted by Gasteiger charge is -2.39. The summed E-state index contributed by atoms with van der Waals surface area (Å²) in [5.74, 6) is -1.22. The second-order valence-corrected chi connectivity index (χ2v) is 5.99. The zero-order valence-electron chi connectivity index (χ0n) is 11.1. The van der Waals surface area contributed by atoms with Crippen LogP contribution in [0, 0.1) is 11.3 Å². The molecule has 2 N–H and O–H groups in total. The molecule has 18 heavy (non-hydrogen) atoms. The fourth-order valence-corrected chi connectivity index (χ4v) is 2.90. The molecule has 2 atom stereocenters. The highest BCUT2D eigenvalue weighted by Gasteiger charge is 2.39. The van der Waals surface area contributed by atoms with Crippen LogP contribution in [0.1, 0.15) is 39.5 Å². The lowest BCUT2D eigenvalue weighted by molar-refractivity contribution is -0.142. The molecule has 2 amide bonds. The quantitative estimate of drug-likeness (QED) is 0.805. The summed E-state index contributed by atoms with van der Waals surface area (Å²) in [7, 11) is 0. The molecule has 0 spiro atoms. The predicted molar refractivity (Wildman–Crippen MR) is 67.3 cm³/mol. The SMILES string of the molecule is CC1C(C(=O)O)CCN1C(=O)NCC1(C)CCC1. The number of hydrogen-bond donors (Lipinski definition) is 2. The molecular weight excluding hydrogens is 232 g/mol. The molecule has 5 nitrogen and oxygen atoms in total. The fraction of sp³-hybridized carbons (Fsp3) is 0.846. The monoisotopic (exact) mass is 254 g/mol. The molecule has 2 rings (SSSR count). The summed E-state index contributed by atoms with van der Waals surface area (Å²) in [6, 6.07) is -0.323. The predicted octanol–water partition coefficient (Wildman–Crippen LogP) is 1.68. The largest absolute Gasteiger partial charge is 0.481 e. The molecule has 2 aliphatic rings. The molecule has 0 radical (unpaired) electrons. The van der Waals surface area contributed by atoms with Gasteiger partial charge in [-0.05, 0) is 31.6 Å². The van der Waals surface area contributed by atoms with Gasteiger partial charge in [0.1, 0.15) is 0 Å². The van der Waals surface area contributed by atoms with E-state index >= 15 is 0 Å². The van der Waals surface area contributed by atoms with Gasteiger partial charge in [-0.2, -0.15) is 0 Å². The van der Waals surface area contributed by atoms with E-state index < -0.39 is 11.9 Å². The van der Waals surface area contributed by atoms with Crippen LogP contribution in [0.5, 0.6) is 0 Å². The fourth-order valence-electron chi connectivity index (χ4n) is 2.90. The number of aliphatic carboxylic acids is 1. The highest BCUT2D eigenvalue weighted by molar-refractivity contribution is 5.78. The average Bonchev–Trinajstić information content (AvgIpc) is 2.65. The minimum atomic E-state index is -0.802. The van der Waals surface area contributed by atoms with Gasteiger partial charge in [0.05, 0.1) is 5.92 Å². The standard InChI is InChI=1S/C13H22N2O3/c1-9-10(11(16)17)4-7-15(9)12(18)14-8-13(2)5-3-6-13/h9-10H,3-8H2,1-2H3,(H,14,18)(H,16,17). The van der Waals surface area contributed by atoms with Gasteiger partial charge in [-0.15, -0.1) is 0 Å². The van der Waals surface area contributed by atoms with Gasteiger partial charge in [-0.25, -0.2) is 4.79 Å². The van der Waals surface area contributed by atoms with Crippen LogP contribution in [-0.4, -0.2) is 41.1 Å². The number of nitrogens with one attached hydrogen (secondary N) is 1. The summed E-state index contributed by atoms with van der Waals surface area (Å²) in [5, 5.41) is 12.0. The van der Waals surface area contributed by atoms with Crippen LogP contribution in [0.15, 0.2) is 0 Å². The second-order valence-electron chi connectivity index (χ2n) is 5.99. The van der Waals surface area contributed by atoms with Crippen molar-refractivity contribution in [3.8, 4) is 0 Å². The summed E-state index contributed by atoms with van der Waals surface area (Å²) in [4.78, 5) is 24.7. The molecule has 1 saturated carbocycles. The number of amides is 2. The maximum absolute atomic E-state index is 12.0. The first-order valence-corrected chi connectivity index (χ1v) is 6.70. The van der Waals surface area contributed by atoms with E-state index in [1.165, 1.54) is 19.3 Å². The van der Waals surface area contributed by atoms with E-state index in [9.17, 15) is 9.59 Å². The maximum atomic E-state index is 12.0. The minimum Gasteiger partial charge on any atom is -0.481 e. The number of carbonyl (C=O) groups is 2. The maximum Gasteiger partial charge on any atom is 0.317 e. The van der Waals surface area contributed by atoms with Crippen molar-refractivity contribution in [2.75, 3.05) is 13.1 Å². The zero-order chi connectivity index (χ0) is 13.3. The van der Waals surface area contributed by atoms with Crippen LogP contribution in [-0.2, 0) is 4.79 Å². The number of likely N-dealkylation sites (tertiary alicyclic amines) is 1. The van der Waals surface area contributed by atoms with Gasteiger partial charge in [0, 0.05) is 19.1 Å². The second kappa shape index (κ2) is 4.78. The van der Waals surface area contributed by atoms with Crippen molar-refractivity contribution < 1.29 is 14.7 Å². The van der Waals surface area contributed by atoms with Gasteiger partial charge in [-0.1, -0.05) is 13.3 Å². The number of carboxylic acid groups (broad SMARTS) is 1. The smallest absolute Gasteiger partial charge is 0.317 e. The van der Waals surface area contributed by atoms with Gasteiger partial charge in [0.2, 0.25) is 0 Å². The molecule has 5 heteroatoms. The van der Waals surface area contributed by atoms with E-state index in [1.54, 1.807) is 4.90 Å². The molecule has 2 fully saturated rings. The number of urea groups is 1. The summed E-state index contributed by atoms with van der Waals surface area (Å²) in [5.41, 5.74) is 0.255. The molecule has 1 heterocycles. The first kappa shape index (κ1) is 13.2. The summed E-state index contributed by atoms with van der Waals surface area (Å²) in [6.45, 7) is 5.24. The lowest BCUT2D eigenvalue weighted by Crippen LogP contribution is -2.48. The number of carbonyl (C=O) groups excluding carboxylic acids is 1. The third kappa shape index (κ3) is 2.44. The van der Waals surface area contributed by atoms with E-state index in [0.717, 1.165) is 0 Å². The summed E-state index contributed by atoms with van der Waals surface area (Å²) in [6.07, 6.45) is 4.13. The van der Waals surface area contributed by atoms with Crippen LogP contribution in [0.2, 0.25) is 0 Å². The topological polar surface area (TPSA) is 69.6 Å². The Labute approximate surface area is 108 Å². The normalized spacial score (nSPS) is 29.8. The van der Waals surface area contributed by atoms with Gasteiger partial charge >= 0.3 is 12.0 Å². The Morgan fingerprint density at radius 1 is 1.44 bits per heavy atom. The molecule has 1 aliphatic carbocycles. The van der Waals surface area contributed by atoms with E-state index in [0.29, 0.717) is 19.5 Å². The van der Waals surface area contributed by atoms with Crippen molar-refractivity contribution in [1.82, 2.24) is 10.2 Å². The van der Waals surface area contributed by atoms with E-state index in [1.807, 2.05) is 6.92 Å². The molecule has 1 saturated heterocycles. The molecular formula is C13H22N2O3. The molecule has 102 valence electrons. The van der Waals surface area contributed by atoms with Gasteiger partial charge in [-0.3, -0.25) is 4.79 Å². The van der Waals surface area contributed by atoms with E-state index in [4.69, 9.17) is 5.11 Å². The van der Waals surface area contributed by atoms with Crippen LogP contribution >= 0.6 is 0 Å². The lowest BCUT2D eigenvalue weighted by atomic mass is 9.70. The summed E-state index contributed by atoms with van der Waals surface area (Å²) >= 11 is 0. The van der Waals surface area contributed by atoms with Crippen molar-refractivity contribution in [3.63, 3.8) is 0 Å². The molecule has 2 unspecified atom stereocenters. The van der Waals surface area contributed by atoms with E-state index in [2.05, 4.69) is 12.2 Å². The Kier molecular flexibility index (Phi) is 3.50.